The first-order chi connectivity index (χ1) is 10.7. The fourth-order valence-corrected chi connectivity index (χ4v) is 3.35. The number of ether oxygens (including phenoxy) is 1. The molecule has 1 aromatic rings. The summed E-state index contributed by atoms with van der Waals surface area (Å²) >= 11 is 6.01. The van der Waals surface area contributed by atoms with Gasteiger partial charge in [-0.3, -0.25) is 4.79 Å². The highest BCUT2D eigenvalue weighted by atomic mass is 35.5. The molecular weight excluding hydrogens is 302 g/mol. The number of rotatable bonds is 3. The molecule has 3 rings (SSSR count). The summed E-state index contributed by atoms with van der Waals surface area (Å²) in [4.78, 5) is 14.7. The number of fused-ring (bicyclic) bond motifs is 1. The minimum atomic E-state index is 0.0174. The van der Waals surface area contributed by atoms with Crippen molar-refractivity contribution in [1.82, 2.24) is 4.90 Å². The van der Waals surface area contributed by atoms with Gasteiger partial charge in [0.1, 0.15) is 12.4 Å². The van der Waals surface area contributed by atoms with Crippen molar-refractivity contribution in [3.8, 4) is 5.75 Å². The molecule has 0 saturated carbocycles. The smallest absolute Gasteiger partial charge is 0.253 e. The maximum atomic E-state index is 12.8. The summed E-state index contributed by atoms with van der Waals surface area (Å²) in [7, 11) is 0. The zero-order valence-corrected chi connectivity index (χ0v) is 13.2. The van der Waals surface area contributed by atoms with Gasteiger partial charge in [0.15, 0.2) is 0 Å². The van der Waals surface area contributed by atoms with Gasteiger partial charge in [0.25, 0.3) is 5.91 Å². The van der Waals surface area contributed by atoms with Gasteiger partial charge in [0.2, 0.25) is 0 Å². The molecule has 5 heteroatoms. The van der Waals surface area contributed by atoms with Crippen molar-refractivity contribution in [2.24, 2.45) is 0 Å². The Hall–Kier alpha value is -1.52. The number of carbonyl (C=O) groups is 1. The highest BCUT2D eigenvalue weighted by Crippen LogP contribution is 2.30. The maximum absolute atomic E-state index is 12.8. The zero-order valence-electron chi connectivity index (χ0n) is 12.4. The molecule has 4 nitrogen and oxygen atoms in total. The van der Waals surface area contributed by atoms with Gasteiger partial charge in [-0.25, -0.2) is 0 Å². The quantitative estimate of drug-likeness (QED) is 0.931. The van der Waals surface area contributed by atoms with Gasteiger partial charge in [-0.1, -0.05) is 11.6 Å². The molecule has 2 aliphatic rings. The summed E-state index contributed by atoms with van der Waals surface area (Å²) in [6, 6.07) is 5.55. The van der Waals surface area contributed by atoms with E-state index in [2.05, 4.69) is 0 Å². The van der Waals surface area contributed by atoms with Gasteiger partial charge in [0.05, 0.1) is 5.57 Å². The fourth-order valence-electron chi connectivity index (χ4n) is 3.17. The lowest BCUT2D eigenvalue weighted by atomic mass is 9.97. The molecule has 0 spiro atoms. The molecule has 118 valence electrons. The number of nitrogens with zero attached hydrogens (tertiary/aromatic N) is 1. The maximum Gasteiger partial charge on any atom is 0.253 e. The van der Waals surface area contributed by atoms with Crippen LogP contribution in [-0.4, -0.2) is 41.7 Å². The molecule has 1 atom stereocenters. The van der Waals surface area contributed by atoms with Crippen molar-refractivity contribution >= 4 is 23.6 Å². The van der Waals surface area contributed by atoms with E-state index >= 15 is 0 Å². The minimum absolute atomic E-state index is 0.0174. The van der Waals surface area contributed by atoms with Gasteiger partial charge in [-0.2, -0.15) is 0 Å². The number of piperidine rings is 1. The number of likely N-dealkylation sites (tertiary alicyclic amines) is 1. The van der Waals surface area contributed by atoms with Gasteiger partial charge < -0.3 is 14.7 Å². The van der Waals surface area contributed by atoms with Crippen molar-refractivity contribution in [2.75, 3.05) is 19.8 Å². The summed E-state index contributed by atoms with van der Waals surface area (Å²) in [6.07, 6.45) is 5.61. The number of halogens is 1. The summed E-state index contributed by atoms with van der Waals surface area (Å²) in [5.74, 6) is 0.773. The Kier molecular flexibility index (Phi) is 4.69. The van der Waals surface area contributed by atoms with E-state index in [9.17, 15) is 9.90 Å². The third-order valence-electron chi connectivity index (χ3n) is 4.31. The summed E-state index contributed by atoms with van der Waals surface area (Å²) in [5, 5.41) is 9.83. The van der Waals surface area contributed by atoms with Crippen molar-refractivity contribution < 1.29 is 14.6 Å². The lowest BCUT2D eigenvalue weighted by Crippen LogP contribution is -2.45. The SMILES string of the molecule is O=C(C1=Cc2cc(Cl)ccc2OC1)N1CCCCC1CCO. The molecule has 1 amide bonds. The lowest BCUT2D eigenvalue weighted by Gasteiger charge is -2.36. The Morgan fingerprint density at radius 3 is 3.09 bits per heavy atom. The number of hydrogen-bond donors (Lipinski definition) is 1. The van der Waals surface area contributed by atoms with Gasteiger partial charge in [-0.05, 0) is 50.0 Å². The van der Waals surface area contributed by atoms with E-state index in [4.69, 9.17) is 16.3 Å². The van der Waals surface area contributed by atoms with E-state index in [0.717, 1.165) is 37.1 Å². The number of aliphatic hydroxyl groups is 1. The number of amides is 1. The molecular formula is C17H20ClNO3. The molecule has 0 aromatic heterocycles. The number of aliphatic hydroxyl groups excluding tert-OH is 1. The van der Waals surface area contributed by atoms with E-state index in [1.165, 1.54) is 0 Å². The Morgan fingerprint density at radius 1 is 1.41 bits per heavy atom. The van der Waals surface area contributed by atoms with Crippen LogP contribution in [0.3, 0.4) is 0 Å². The number of carbonyl (C=O) groups excluding carboxylic acids is 1. The normalized spacial score (nSPS) is 20.9. The van der Waals surface area contributed by atoms with Crippen LogP contribution in [0.15, 0.2) is 23.8 Å². The Labute approximate surface area is 135 Å². The standard InChI is InChI=1S/C17H20ClNO3/c18-14-4-5-16-12(10-14)9-13(11-22-16)17(21)19-7-2-1-3-15(19)6-8-20/h4-5,9-10,15,20H,1-3,6-8,11H2. The number of benzene rings is 1. The molecule has 1 saturated heterocycles. The predicted octanol–water partition coefficient (Wildman–Crippen LogP) is 2.88. The Morgan fingerprint density at radius 2 is 2.27 bits per heavy atom. The Bertz CT molecular complexity index is 598. The first-order valence-corrected chi connectivity index (χ1v) is 8.11. The minimum Gasteiger partial charge on any atom is -0.488 e. The van der Waals surface area contributed by atoms with Gasteiger partial charge in [0, 0.05) is 29.8 Å². The molecule has 1 aromatic carbocycles. The van der Waals surface area contributed by atoms with Crippen molar-refractivity contribution in [3.63, 3.8) is 0 Å². The molecule has 0 aliphatic carbocycles. The molecule has 0 radical (unpaired) electrons. The summed E-state index contributed by atoms with van der Waals surface area (Å²) < 4.78 is 5.67. The molecule has 1 N–H and O–H groups in total. The highest BCUT2D eigenvalue weighted by Gasteiger charge is 2.29. The number of hydrogen-bond acceptors (Lipinski definition) is 3. The molecule has 1 unspecified atom stereocenters. The van der Waals surface area contributed by atoms with E-state index < -0.39 is 0 Å². The molecule has 1 fully saturated rings. The second-order valence-corrected chi connectivity index (χ2v) is 6.24. The van der Waals surface area contributed by atoms with Crippen LogP contribution in [0, 0.1) is 0 Å². The average molecular weight is 322 g/mol. The molecule has 0 bridgehead atoms. The van der Waals surface area contributed by atoms with Crippen LogP contribution in [-0.2, 0) is 4.79 Å². The second kappa shape index (κ2) is 6.71. The highest BCUT2D eigenvalue weighted by molar-refractivity contribution is 6.30. The fraction of sp³-hybridized carbons (Fsp3) is 0.471. The molecule has 22 heavy (non-hydrogen) atoms. The molecule has 2 aliphatic heterocycles. The van der Waals surface area contributed by atoms with Gasteiger partial charge in [-0.15, -0.1) is 0 Å². The van der Waals surface area contributed by atoms with Crippen LogP contribution >= 0.6 is 11.6 Å². The van der Waals surface area contributed by atoms with E-state index in [0.29, 0.717) is 17.0 Å². The zero-order chi connectivity index (χ0) is 15.5. The van der Waals surface area contributed by atoms with Crippen LogP contribution in [0.25, 0.3) is 6.08 Å². The second-order valence-electron chi connectivity index (χ2n) is 5.80. The van der Waals surface area contributed by atoms with Crippen molar-refractivity contribution in [1.29, 1.82) is 0 Å². The summed E-state index contributed by atoms with van der Waals surface area (Å²) in [6.45, 7) is 1.15. The Balaban J connectivity index is 1.82. The topological polar surface area (TPSA) is 49.8 Å². The first kappa shape index (κ1) is 15.4. The van der Waals surface area contributed by atoms with E-state index in [-0.39, 0.29) is 25.2 Å². The van der Waals surface area contributed by atoms with Crippen molar-refractivity contribution in [2.45, 2.75) is 31.7 Å². The largest absolute Gasteiger partial charge is 0.488 e. The van der Waals surface area contributed by atoms with Crippen LogP contribution < -0.4 is 4.74 Å². The first-order valence-electron chi connectivity index (χ1n) is 7.74. The predicted molar refractivity (Wildman–Crippen MR) is 86.0 cm³/mol. The average Bonchev–Trinajstić information content (AvgIpc) is 2.54. The van der Waals surface area contributed by atoms with Crippen LogP contribution in [0.1, 0.15) is 31.2 Å². The molecule has 2 heterocycles. The van der Waals surface area contributed by atoms with Crippen molar-refractivity contribution in [3.05, 3.63) is 34.4 Å². The monoisotopic (exact) mass is 321 g/mol. The van der Waals surface area contributed by atoms with Crippen LogP contribution in [0.4, 0.5) is 0 Å². The van der Waals surface area contributed by atoms with Crippen LogP contribution in [0.2, 0.25) is 5.02 Å². The summed E-state index contributed by atoms with van der Waals surface area (Å²) in [5.41, 5.74) is 1.50. The van der Waals surface area contributed by atoms with Gasteiger partial charge >= 0.3 is 0 Å². The van der Waals surface area contributed by atoms with E-state index in [1.807, 2.05) is 23.1 Å². The third kappa shape index (κ3) is 3.13. The van der Waals surface area contributed by atoms with E-state index in [1.54, 1.807) is 6.07 Å². The lowest BCUT2D eigenvalue weighted by molar-refractivity contribution is -0.131. The third-order valence-corrected chi connectivity index (χ3v) is 4.54. The van der Waals surface area contributed by atoms with Crippen LogP contribution in [0.5, 0.6) is 5.75 Å².